The lowest BCUT2D eigenvalue weighted by molar-refractivity contribution is 0.466. The highest BCUT2D eigenvalue weighted by Gasteiger charge is 2.11. The van der Waals surface area contributed by atoms with Gasteiger partial charge in [0, 0.05) is 16.7 Å². The van der Waals surface area contributed by atoms with Crippen LogP contribution in [0.5, 0.6) is 5.75 Å². The lowest BCUT2D eigenvalue weighted by Gasteiger charge is -1.97. The maximum Gasteiger partial charge on any atom is 0.261 e. The summed E-state index contributed by atoms with van der Waals surface area (Å²) in [7, 11) is 0.921. The first kappa shape index (κ1) is 9.28. The Morgan fingerprint density at radius 1 is 1.33 bits per heavy atom. The fourth-order valence-corrected chi connectivity index (χ4v) is 1.47. The first-order chi connectivity index (χ1) is 5.39. The maximum atomic E-state index is 12.5. The van der Waals surface area contributed by atoms with Crippen molar-refractivity contribution < 1.29 is 17.9 Å². The first-order valence-electron chi connectivity index (χ1n) is 2.84. The number of phenols is 1. The van der Waals surface area contributed by atoms with Crippen LogP contribution in [0.4, 0.5) is 4.39 Å². The Morgan fingerprint density at radius 2 is 1.92 bits per heavy atom. The van der Waals surface area contributed by atoms with Crippen molar-refractivity contribution in [2.45, 2.75) is 4.90 Å². The van der Waals surface area contributed by atoms with Crippen LogP contribution >= 0.6 is 10.7 Å². The molecule has 0 aliphatic rings. The first-order valence-corrected chi connectivity index (χ1v) is 5.15. The van der Waals surface area contributed by atoms with Crippen molar-refractivity contribution in [1.29, 1.82) is 0 Å². The molecule has 0 aliphatic carbocycles. The van der Waals surface area contributed by atoms with Gasteiger partial charge in [0.15, 0.2) is 0 Å². The molecule has 0 saturated heterocycles. The second-order valence-corrected chi connectivity index (χ2v) is 4.65. The van der Waals surface area contributed by atoms with Gasteiger partial charge in [-0.3, -0.25) is 0 Å². The molecule has 1 N–H and O–H groups in total. The fraction of sp³-hybridized carbons (Fsp3) is 0. The van der Waals surface area contributed by atoms with Crippen molar-refractivity contribution in [2.24, 2.45) is 0 Å². The van der Waals surface area contributed by atoms with Gasteiger partial charge in [0.05, 0.1) is 4.90 Å². The molecule has 0 atom stereocenters. The summed E-state index contributed by atoms with van der Waals surface area (Å²) < 4.78 is 33.7. The molecule has 6 heteroatoms. The summed E-state index contributed by atoms with van der Waals surface area (Å²) in [6.07, 6.45) is 0. The minimum Gasteiger partial charge on any atom is -0.508 e. The third-order valence-corrected chi connectivity index (χ3v) is 2.47. The van der Waals surface area contributed by atoms with Crippen molar-refractivity contribution in [1.82, 2.24) is 0 Å². The molecule has 1 aromatic carbocycles. The molecule has 0 saturated carbocycles. The Labute approximate surface area is 72.8 Å². The van der Waals surface area contributed by atoms with E-state index in [0.29, 0.717) is 0 Å². The maximum absolute atomic E-state index is 12.5. The molecule has 1 aromatic rings. The summed E-state index contributed by atoms with van der Waals surface area (Å²) in [6, 6.07) is 2.37. The largest absolute Gasteiger partial charge is 0.508 e. The highest BCUT2D eigenvalue weighted by molar-refractivity contribution is 8.13. The second-order valence-electron chi connectivity index (χ2n) is 2.08. The van der Waals surface area contributed by atoms with E-state index < -0.39 is 25.5 Å². The zero-order chi connectivity index (χ0) is 9.35. The topological polar surface area (TPSA) is 54.4 Å². The van der Waals surface area contributed by atoms with E-state index in [1.807, 2.05) is 0 Å². The summed E-state index contributed by atoms with van der Waals surface area (Å²) in [5.74, 6) is -1.33. The summed E-state index contributed by atoms with van der Waals surface area (Å²) in [6.45, 7) is 0. The van der Waals surface area contributed by atoms with Crippen LogP contribution in [0.1, 0.15) is 0 Å². The summed E-state index contributed by atoms with van der Waals surface area (Å²) in [5, 5.41) is 8.79. The van der Waals surface area contributed by atoms with Crippen LogP contribution in [0.2, 0.25) is 0 Å². The second kappa shape index (κ2) is 2.91. The molecule has 12 heavy (non-hydrogen) atoms. The standard InChI is InChI=1S/C6H4ClFO3S/c7-12(10,11)6-2-4(8)1-5(9)3-6/h1-3,9H. The van der Waals surface area contributed by atoms with E-state index in [2.05, 4.69) is 0 Å². The molecule has 0 amide bonds. The summed E-state index contributed by atoms with van der Waals surface area (Å²) >= 11 is 0. The minimum atomic E-state index is -3.98. The number of halogens is 2. The van der Waals surface area contributed by atoms with Crippen molar-refractivity contribution in [2.75, 3.05) is 0 Å². The molecular formula is C6H4ClFO3S. The molecule has 66 valence electrons. The number of hydrogen-bond donors (Lipinski definition) is 1. The normalized spacial score (nSPS) is 11.5. The van der Waals surface area contributed by atoms with E-state index in [4.69, 9.17) is 15.8 Å². The zero-order valence-corrected chi connectivity index (χ0v) is 7.23. The Balaban J connectivity index is 3.37. The van der Waals surface area contributed by atoms with Gasteiger partial charge in [-0.25, -0.2) is 12.8 Å². The van der Waals surface area contributed by atoms with E-state index in [1.165, 1.54) is 0 Å². The van der Waals surface area contributed by atoms with Gasteiger partial charge in [-0.2, -0.15) is 0 Å². The van der Waals surface area contributed by atoms with Gasteiger partial charge in [0.1, 0.15) is 11.6 Å². The number of rotatable bonds is 1. The van der Waals surface area contributed by atoms with E-state index in [-0.39, 0.29) is 0 Å². The Kier molecular flexibility index (Phi) is 2.25. The molecule has 0 unspecified atom stereocenters. The van der Waals surface area contributed by atoms with Crippen molar-refractivity contribution in [3.8, 4) is 5.75 Å². The third-order valence-electron chi connectivity index (χ3n) is 1.14. The van der Waals surface area contributed by atoms with Crippen LogP contribution in [0.15, 0.2) is 23.1 Å². The predicted molar refractivity (Wildman–Crippen MR) is 41.1 cm³/mol. The monoisotopic (exact) mass is 210 g/mol. The Bertz CT molecular complexity index is 381. The molecule has 0 spiro atoms. The van der Waals surface area contributed by atoms with Crippen LogP contribution in [0.25, 0.3) is 0 Å². The molecule has 0 radical (unpaired) electrons. The van der Waals surface area contributed by atoms with Crippen LogP contribution in [-0.2, 0) is 9.05 Å². The summed E-state index contributed by atoms with van der Waals surface area (Å²) in [5.41, 5.74) is 0. The van der Waals surface area contributed by atoms with Gasteiger partial charge in [-0.1, -0.05) is 0 Å². The van der Waals surface area contributed by atoms with Crippen LogP contribution in [0.3, 0.4) is 0 Å². The van der Waals surface area contributed by atoms with Gasteiger partial charge in [-0.15, -0.1) is 0 Å². The molecule has 0 aromatic heterocycles. The zero-order valence-electron chi connectivity index (χ0n) is 5.66. The van der Waals surface area contributed by atoms with Gasteiger partial charge in [0.25, 0.3) is 9.05 Å². The average Bonchev–Trinajstić information content (AvgIpc) is 1.82. The van der Waals surface area contributed by atoms with Gasteiger partial charge < -0.3 is 5.11 Å². The Morgan fingerprint density at radius 3 is 2.33 bits per heavy atom. The fourth-order valence-electron chi connectivity index (χ4n) is 0.689. The van der Waals surface area contributed by atoms with Gasteiger partial charge >= 0.3 is 0 Å². The van der Waals surface area contributed by atoms with Crippen molar-refractivity contribution in [3.63, 3.8) is 0 Å². The van der Waals surface area contributed by atoms with E-state index >= 15 is 0 Å². The van der Waals surface area contributed by atoms with Gasteiger partial charge in [0.2, 0.25) is 0 Å². The molecule has 1 rings (SSSR count). The lowest BCUT2D eigenvalue weighted by atomic mass is 10.3. The lowest BCUT2D eigenvalue weighted by Crippen LogP contribution is -1.90. The number of aromatic hydroxyl groups is 1. The van der Waals surface area contributed by atoms with Crippen molar-refractivity contribution >= 4 is 19.7 Å². The van der Waals surface area contributed by atoms with E-state index in [9.17, 15) is 12.8 Å². The molecule has 0 bridgehead atoms. The number of phenolic OH excluding ortho intramolecular Hbond substituents is 1. The molecular weight excluding hydrogens is 207 g/mol. The van der Waals surface area contributed by atoms with Crippen LogP contribution < -0.4 is 0 Å². The van der Waals surface area contributed by atoms with Crippen LogP contribution in [0, 0.1) is 5.82 Å². The quantitative estimate of drug-likeness (QED) is 0.714. The summed E-state index contributed by atoms with van der Waals surface area (Å²) in [4.78, 5) is -0.457. The average molecular weight is 211 g/mol. The third kappa shape index (κ3) is 2.09. The Hall–Kier alpha value is -0.810. The highest BCUT2D eigenvalue weighted by Crippen LogP contribution is 2.21. The van der Waals surface area contributed by atoms with Gasteiger partial charge in [-0.05, 0) is 12.1 Å². The molecule has 0 aliphatic heterocycles. The molecule has 3 nitrogen and oxygen atoms in total. The van der Waals surface area contributed by atoms with E-state index in [0.717, 1.165) is 18.2 Å². The molecule has 0 heterocycles. The SMILES string of the molecule is O=S(=O)(Cl)c1cc(O)cc(F)c1. The number of hydrogen-bond acceptors (Lipinski definition) is 3. The predicted octanol–water partition coefficient (Wildman–Crippen LogP) is 1.46. The smallest absolute Gasteiger partial charge is 0.261 e. The van der Waals surface area contributed by atoms with Crippen molar-refractivity contribution in [3.05, 3.63) is 24.0 Å². The minimum absolute atomic E-state index is 0.457. The van der Waals surface area contributed by atoms with E-state index in [1.54, 1.807) is 0 Å². The number of benzene rings is 1. The molecule has 0 fully saturated rings. The van der Waals surface area contributed by atoms with Crippen LogP contribution in [-0.4, -0.2) is 13.5 Å². The highest BCUT2D eigenvalue weighted by atomic mass is 35.7.